The highest BCUT2D eigenvalue weighted by Crippen LogP contribution is 2.33. The number of ether oxygens (including phenoxy) is 1. The van der Waals surface area contributed by atoms with E-state index in [4.69, 9.17) is 4.74 Å². The molecule has 2 aliphatic rings. The molecule has 2 heterocycles. The highest BCUT2D eigenvalue weighted by Gasteiger charge is 2.34. The van der Waals surface area contributed by atoms with Crippen LogP contribution in [0.15, 0.2) is 47.2 Å². The largest absolute Gasteiger partial charge is 0.478 e. The van der Waals surface area contributed by atoms with Gasteiger partial charge < -0.3 is 14.7 Å². The number of carboxylic acids is 1. The molecule has 1 unspecified atom stereocenters. The lowest BCUT2D eigenvalue weighted by Gasteiger charge is -2.45. The molecule has 1 saturated heterocycles. The summed E-state index contributed by atoms with van der Waals surface area (Å²) in [7, 11) is 0. The van der Waals surface area contributed by atoms with Gasteiger partial charge in [-0.2, -0.15) is 0 Å². The Kier molecular flexibility index (Phi) is 6.29. The van der Waals surface area contributed by atoms with Crippen molar-refractivity contribution in [2.75, 3.05) is 26.3 Å². The van der Waals surface area contributed by atoms with E-state index in [1.54, 1.807) is 6.07 Å². The van der Waals surface area contributed by atoms with Crippen molar-refractivity contribution < 1.29 is 19.0 Å². The first kappa shape index (κ1) is 19.6. The third kappa shape index (κ3) is 4.39. The Morgan fingerprint density at radius 2 is 2.07 bits per heavy atom. The fourth-order valence-corrected chi connectivity index (χ4v) is 3.89. The second-order valence-corrected chi connectivity index (χ2v) is 7.05. The number of carbonyl (C=O) groups is 1. The first-order valence-electron chi connectivity index (χ1n) is 9.49. The molecule has 0 aliphatic carbocycles. The Labute approximate surface area is 159 Å². The quantitative estimate of drug-likeness (QED) is 0.827. The highest BCUT2D eigenvalue weighted by atomic mass is 19.1. The third-order valence-electron chi connectivity index (χ3n) is 5.11. The van der Waals surface area contributed by atoms with E-state index in [-0.39, 0.29) is 12.0 Å². The molecule has 1 fully saturated rings. The lowest BCUT2D eigenvalue weighted by molar-refractivity contribution is -0.132. The average Bonchev–Trinajstić information content (AvgIpc) is 2.64. The molecule has 0 aromatic heterocycles. The number of hydrogen-bond donors (Lipinski definition) is 1. The number of aliphatic carboxylic acids is 1. The summed E-state index contributed by atoms with van der Waals surface area (Å²) in [6, 6.07) is 6.52. The van der Waals surface area contributed by atoms with Crippen molar-refractivity contribution in [3.63, 3.8) is 0 Å². The Hall–Kier alpha value is -2.18. The smallest absolute Gasteiger partial charge is 0.337 e. The average molecular weight is 374 g/mol. The van der Waals surface area contributed by atoms with Gasteiger partial charge in [0.25, 0.3) is 0 Å². The standard InChI is InChI=1S/C21H27FN2O3/c1-3-5-18-20(21(25)26)15(2)12-19(23-8-10-27-11-9-23)24(18)14-16-6-4-7-17(22)13-16/h4,6-7,12-13,19H,3,5,8-11,14H2,1-2H3,(H,25,26). The van der Waals surface area contributed by atoms with Crippen molar-refractivity contribution in [2.45, 2.75) is 39.4 Å². The summed E-state index contributed by atoms with van der Waals surface area (Å²) >= 11 is 0. The first-order valence-corrected chi connectivity index (χ1v) is 9.49. The van der Waals surface area contributed by atoms with E-state index in [2.05, 4.69) is 9.80 Å². The van der Waals surface area contributed by atoms with Crippen LogP contribution in [0.25, 0.3) is 0 Å². The van der Waals surface area contributed by atoms with E-state index in [1.807, 2.05) is 26.0 Å². The predicted octanol–water partition coefficient (Wildman–Crippen LogP) is 3.38. The molecular formula is C21H27FN2O3. The number of morpholine rings is 1. The summed E-state index contributed by atoms with van der Waals surface area (Å²) in [4.78, 5) is 16.4. The lowest BCUT2D eigenvalue weighted by Crippen LogP contribution is -2.52. The van der Waals surface area contributed by atoms with Crippen LogP contribution in [0.2, 0.25) is 0 Å². The second kappa shape index (κ2) is 8.67. The van der Waals surface area contributed by atoms with Crippen LogP contribution in [0.4, 0.5) is 4.39 Å². The van der Waals surface area contributed by atoms with Gasteiger partial charge in [0.05, 0.1) is 18.8 Å². The van der Waals surface area contributed by atoms with Crippen molar-refractivity contribution >= 4 is 5.97 Å². The normalized spacial score (nSPS) is 21.4. The SMILES string of the molecule is CCCC1=C(C(=O)O)C(C)=CC(N2CCOCC2)N1Cc1cccc(F)c1. The van der Waals surface area contributed by atoms with Crippen molar-refractivity contribution in [3.05, 3.63) is 58.6 Å². The lowest BCUT2D eigenvalue weighted by atomic mass is 9.95. The van der Waals surface area contributed by atoms with E-state index in [0.29, 0.717) is 31.8 Å². The van der Waals surface area contributed by atoms with E-state index in [1.165, 1.54) is 12.1 Å². The summed E-state index contributed by atoms with van der Waals surface area (Å²) in [5, 5.41) is 9.81. The fraction of sp³-hybridized carbons (Fsp3) is 0.476. The van der Waals surface area contributed by atoms with Crippen molar-refractivity contribution in [1.82, 2.24) is 9.80 Å². The van der Waals surface area contributed by atoms with Gasteiger partial charge in [0.2, 0.25) is 0 Å². The summed E-state index contributed by atoms with van der Waals surface area (Å²) in [6.07, 6.45) is 3.48. The topological polar surface area (TPSA) is 53.0 Å². The molecule has 5 nitrogen and oxygen atoms in total. The monoisotopic (exact) mass is 374 g/mol. The minimum atomic E-state index is -0.906. The van der Waals surface area contributed by atoms with Crippen molar-refractivity contribution in [2.24, 2.45) is 0 Å². The summed E-state index contributed by atoms with van der Waals surface area (Å²) < 4.78 is 19.2. The molecule has 1 aromatic rings. The van der Waals surface area contributed by atoms with E-state index in [9.17, 15) is 14.3 Å². The number of nitrogens with zero attached hydrogens (tertiary/aromatic N) is 2. The van der Waals surface area contributed by atoms with Crippen LogP contribution in [-0.4, -0.2) is 53.3 Å². The number of halogens is 1. The van der Waals surface area contributed by atoms with Crippen LogP contribution in [0.1, 0.15) is 32.3 Å². The van der Waals surface area contributed by atoms with Crippen molar-refractivity contribution in [3.8, 4) is 0 Å². The van der Waals surface area contributed by atoms with Crippen LogP contribution in [0.5, 0.6) is 0 Å². The van der Waals surface area contributed by atoms with Crippen LogP contribution in [0.3, 0.4) is 0 Å². The summed E-state index contributed by atoms with van der Waals surface area (Å²) in [6.45, 7) is 7.28. The molecule has 146 valence electrons. The summed E-state index contributed by atoms with van der Waals surface area (Å²) in [5.74, 6) is -1.18. The Morgan fingerprint density at radius 1 is 1.33 bits per heavy atom. The summed E-state index contributed by atoms with van der Waals surface area (Å²) in [5.41, 5.74) is 2.82. The number of carboxylic acid groups (broad SMARTS) is 1. The maximum atomic E-state index is 13.7. The van der Waals surface area contributed by atoms with Crippen LogP contribution in [0, 0.1) is 5.82 Å². The van der Waals surface area contributed by atoms with Gasteiger partial charge >= 0.3 is 5.97 Å². The highest BCUT2D eigenvalue weighted by molar-refractivity contribution is 5.92. The molecule has 2 aliphatic heterocycles. The Balaban J connectivity index is 2.02. The molecule has 1 N–H and O–H groups in total. The van der Waals surface area contributed by atoms with Gasteiger partial charge in [-0.1, -0.05) is 25.5 Å². The van der Waals surface area contributed by atoms with E-state index in [0.717, 1.165) is 36.3 Å². The van der Waals surface area contributed by atoms with Gasteiger partial charge in [-0.3, -0.25) is 4.90 Å². The zero-order valence-corrected chi connectivity index (χ0v) is 15.9. The molecule has 0 spiro atoms. The zero-order chi connectivity index (χ0) is 19.4. The molecule has 0 saturated carbocycles. The molecule has 0 amide bonds. The Morgan fingerprint density at radius 3 is 2.70 bits per heavy atom. The minimum absolute atomic E-state index is 0.0539. The van der Waals surface area contributed by atoms with Crippen molar-refractivity contribution in [1.29, 1.82) is 0 Å². The number of rotatable bonds is 6. The maximum Gasteiger partial charge on any atom is 0.337 e. The van der Waals surface area contributed by atoms with Gasteiger partial charge in [-0.05, 0) is 42.7 Å². The molecule has 6 heteroatoms. The molecule has 0 radical (unpaired) electrons. The van der Waals surface area contributed by atoms with Gasteiger partial charge in [0, 0.05) is 25.3 Å². The molecule has 1 atom stereocenters. The van der Waals surface area contributed by atoms with Crippen LogP contribution < -0.4 is 0 Å². The Bertz CT molecular complexity index is 754. The van der Waals surface area contributed by atoms with Crippen LogP contribution >= 0.6 is 0 Å². The van der Waals surface area contributed by atoms with Gasteiger partial charge in [-0.25, -0.2) is 9.18 Å². The molecule has 1 aromatic carbocycles. The minimum Gasteiger partial charge on any atom is -0.478 e. The molecule has 27 heavy (non-hydrogen) atoms. The fourth-order valence-electron chi connectivity index (χ4n) is 3.89. The third-order valence-corrected chi connectivity index (χ3v) is 5.11. The van der Waals surface area contributed by atoms with Gasteiger partial charge in [0.1, 0.15) is 12.0 Å². The van der Waals surface area contributed by atoms with E-state index >= 15 is 0 Å². The van der Waals surface area contributed by atoms with Gasteiger partial charge in [-0.15, -0.1) is 0 Å². The van der Waals surface area contributed by atoms with Crippen LogP contribution in [-0.2, 0) is 16.1 Å². The molecular weight excluding hydrogens is 347 g/mol. The number of hydrogen-bond acceptors (Lipinski definition) is 4. The molecule has 3 rings (SSSR count). The predicted molar refractivity (Wildman–Crippen MR) is 101 cm³/mol. The number of benzene rings is 1. The zero-order valence-electron chi connectivity index (χ0n) is 15.9. The van der Waals surface area contributed by atoms with Gasteiger partial charge in [0.15, 0.2) is 0 Å². The molecule has 0 bridgehead atoms. The second-order valence-electron chi connectivity index (χ2n) is 7.05. The first-order chi connectivity index (χ1) is 13.0. The van der Waals surface area contributed by atoms with E-state index < -0.39 is 5.97 Å². The number of allylic oxidation sites excluding steroid dienone is 1. The maximum absolute atomic E-state index is 13.7.